The van der Waals surface area contributed by atoms with Crippen LogP contribution >= 0.6 is 11.6 Å². The lowest BCUT2D eigenvalue weighted by Gasteiger charge is -1.89. The maximum absolute atomic E-state index is 5.58. The minimum Gasteiger partial charge on any atom is -0.264 e. The summed E-state index contributed by atoms with van der Waals surface area (Å²) in [4.78, 5) is 7.84. The summed E-state index contributed by atoms with van der Waals surface area (Å²) >= 11 is 5.58. The Morgan fingerprint density at radius 1 is 0.722 bits per heavy atom. The van der Waals surface area contributed by atoms with Crippen molar-refractivity contribution in [3.63, 3.8) is 0 Å². The van der Waals surface area contributed by atoms with Gasteiger partial charge in [0.05, 0.1) is 5.02 Å². The first-order valence-electron chi connectivity index (χ1n) is 6.03. The molecule has 0 unspecified atom stereocenters. The zero-order valence-electron chi connectivity index (χ0n) is 11.7. The van der Waals surface area contributed by atoms with Crippen LogP contribution in [0.3, 0.4) is 0 Å². The number of aromatic nitrogens is 2. The van der Waals surface area contributed by atoms with Crippen molar-refractivity contribution >= 4 is 11.6 Å². The van der Waals surface area contributed by atoms with Crippen molar-refractivity contribution in [1.82, 2.24) is 9.97 Å². The van der Waals surface area contributed by atoms with E-state index in [9.17, 15) is 0 Å². The normalized spacial score (nSPS) is 8.56. The molecule has 0 saturated heterocycles. The number of nitrogens with zero attached hydrogens (tertiary/aromatic N) is 2. The third-order valence-corrected chi connectivity index (χ3v) is 2.06. The van der Waals surface area contributed by atoms with Crippen LogP contribution in [0.25, 0.3) is 0 Å². The van der Waals surface area contributed by atoms with E-state index in [1.807, 2.05) is 53.1 Å². The predicted molar refractivity (Wildman–Crippen MR) is 79.0 cm³/mol. The molecule has 2 aromatic rings. The molecule has 0 aromatic carbocycles. The van der Waals surface area contributed by atoms with Crippen LogP contribution in [-0.2, 0) is 0 Å². The zero-order chi connectivity index (χ0) is 14.0. The minimum absolute atomic E-state index is 0.699. The zero-order valence-corrected chi connectivity index (χ0v) is 12.5. The molecule has 0 radical (unpaired) electrons. The molecule has 0 saturated carbocycles. The van der Waals surface area contributed by atoms with Gasteiger partial charge in [-0.05, 0) is 43.5 Å². The Morgan fingerprint density at radius 2 is 1.11 bits per heavy atom. The minimum atomic E-state index is 0.699. The van der Waals surface area contributed by atoms with E-state index < -0.39 is 0 Å². The lowest BCUT2D eigenvalue weighted by Crippen LogP contribution is -1.76. The molecular weight excluding hydrogens is 244 g/mol. The van der Waals surface area contributed by atoms with Crippen LogP contribution in [0.5, 0.6) is 0 Å². The summed E-state index contributed by atoms with van der Waals surface area (Å²) in [6, 6.07) is 3.97. The van der Waals surface area contributed by atoms with Crippen LogP contribution in [0.2, 0.25) is 5.02 Å². The smallest absolute Gasteiger partial charge is 0.0591 e. The molecule has 0 aliphatic carbocycles. The highest BCUT2D eigenvalue weighted by Crippen LogP contribution is 2.05. The summed E-state index contributed by atoms with van der Waals surface area (Å²) in [6.45, 7) is 10.0. The lowest BCUT2D eigenvalue weighted by molar-refractivity contribution is 1.22. The monoisotopic (exact) mass is 264 g/mol. The number of aryl methyl sites for hydroxylation is 3. The van der Waals surface area contributed by atoms with E-state index in [0.717, 1.165) is 5.56 Å². The van der Waals surface area contributed by atoms with E-state index in [-0.39, 0.29) is 0 Å². The highest BCUT2D eigenvalue weighted by Gasteiger charge is 1.84. The van der Waals surface area contributed by atoms with Gasteiger partial charge in [-0.1, -0.05) is 31.5 Å². The number of halogens is 1. The van der Waals surface area contributed by atoms with Gasteiger partial charge < -0.3 is 0 Å². The molecule has 0 atom stereocenters. The van der Waals surface area contributed by atoms with Gasteiger partial charge in [-0.2, -0.15) is 0 Å². The first-order chi connectivity index (χ1) is 8.58. The molecule has 2 aromatic heterocycles. The standard InChI is InChI=1S/C7H9N.C6H6ClN.C2H6/c1-6-3-7(2)5-8-4-6;1-5-2-6(7)4-8-3-5;1-2/h3-5H,1-2H3;2-4H,1H3;1-2H3. The summed E-state index contributed by atoms with van der Waals surface area (Å²) in [5.41, 5.74) is 3.55. The van der Waals surface area contributed by atoms with Crippen molar-refractivity contribution in [2.45, 2.75) is 34.6 Å². The fourth-order valence-corrected chi connectivity index (χ4v) is 1.45. The average molecular weight is 265 g/mol. The van der Waals surface area contributed by atoms with Crippen LogP contribution in [0.15, 0.2) is 36.9 Å². The molecule has 0 spiro atoms. The Labute approximate surface area is 115 Å². The second-order valence-electron chi connectivity index (χ2n) is 3.72. The van der Waals surface area contributed by atoms with E-state index in [4.69, 9.17) is 11.6 Å². The van der Waals surface area contributed by atoms with Crippen molar-refractivity contribution in [2.24, 2.45) is 0 Å². The summed E-state index contributed by atoms with van der Waals surface area (Å²) < 4.78 is 0. The molecule has 3 heteroatoms. The maximum Gasteiger partial charge on any atom is 0.0591 e. The van der Waals surface area contributed by atoms with Crippen LogP contribution < -0.4 is 0 Å². The van der Waals surface area contributed by atoms with Crippen molar-refractivity contribution in [1.29, 1.82) is 0 Å². The van der Waals surface area contributed by atoms with Gasteiger partial charge in [-0.25, -0.2) is 0 Å². The second-order valence-corrected chi connectivity index (χ2v) is 4.16. The summed E-state index contributed by atoms with van der Waals surface area (Å²) in [7, 11) is 0. The van der Waals surface area contributed by atoms with E-state index in [2.05, 4.69) is 16.0 Å². The molecule has 2 rings (SSSR count). The molecular formula is C15H21ClN2. The van der Waals surface area contributed by atoms with Gasteiger partial charge in [0.2, 0.25) is 0 Å². The Balaban J connectivity index is 0.000000283. The summed E-state index contributed by atoms with van der Waals surface area (Å²) in [6.07, 6.45) is 7.10. The summed E-state index contributed by atoms with van der Waals surface area (Å²) in [5, 5.41) is 0.699. The van der Waals surface area contributed by atoms with Gasteiger partial charge in [0, 0.05) is 24.8 Å². The molecule has 0 N–H and O–H groups in total. The Kier molecular flexibility index (Phi) is 8.85. The number of pyridine rings is 2. The van der Waals surface area contributed by atoms with Gasteiger partial charge in [0.15, 0.2) is 0 Å². The third-order valence-electron chi connectivity index (χ3n) is 1.85. The fourth-order valence-electron chi connectivity index (χ4n) is 1.22. The first-order valence-corrected chi connectivity index (χ1v) is 6.41. The second kappa shape index (κ2) is 9.60. The number of rotatable bonds is 0. The highest BCUT2D eigenvalue weighted by molar-refractivity contribution is 6.30. The Bertz CT molecular complexity index is 378. The lowest BCUT2D eigenvalue weighted by atomic mass is 10.2. The fraction of sp³-hybridized carbons (Fsp3) is 0.333. The molecule has 0 bridgehead atoms. The van der Waals surface area contributed by atoms with Crippen molar-refractivity contribution in [3.05, 3.63) is 58.6 Å². The first kappa shape index (κ1) is 16.6. The highest BCUT2D eigenvalue weighted by atomic mass is 35.5. The van der Waals surface area contributed by atoms with Crippen LogP contribution in [0.4, 0.5) is 0 Å². The van der Waals surface area contributed by atoms with E-state index >= 15 is 0 Å². The largest absolute Gasteiger partial charge is 0.264 e. The van der Waals surface area contributed by atoms with Gasteiger partial charge in [0.1, 0.15) is 0 Å². The topological polar surface area (TPSA) is 25.8 Å². The maximum atomic E-state index is 5.58. The Morgan fingerprint density at radius 3 is 1.33 bits per heavy atom. The van der Waals surface area contributed by atoms with Crippen molar-refractivity contribution in [2.75, 3.05) is 0 Å². The molecule has 2 nitrogen and oxygen atoms in total. The van der Waals surface area contributed by atoms with Crippen molar-refractivity contribution < 1.29 is 0 Å². The van der Waals surface area contributed by atoms with E-state index in [1.54, 1.807) is 12.4 Å². The third kappa shape index (κ3) is 7.80. The van der Waals surface area contributed by atoms with Crippen LogP contribution in [0.1, 0.15) is 30.5 Å². The molecule has 0 fully saturated rings. The van der Waals surface area contributed by atoms with Gasteiger partial charge in [-0.15, -0.1) is 0 Å². The quantitative estimate of drug-likeness (QED) is 0.685. The van der Waals surface area contributed by atoms with Gasteiger partial charge >= 0.3 is 0 Å². The molecule has 18 heavy (non-hydrogen) atoms. The molecule has 0 amide bonds. The van der Waals surface area contributed by atoms with E-state index in [1.165, 1.54) is 11.1 Å². The van der Waals surface area contributed by atoms with E-state index in [0.29, 0.717) is 5.02 Å². The SMILES string of the molecule is CC.Cc1cncc(C)c1.Cc1cncc(Cl)c1. The average Bonchev–Trinajstić information content (AvgIpc) is 2.31. The van der Waals surface area contributed by atoms with Gasteiger partial charge in [-0.3, -0.25) is 9.97 Å². The number of hydrogen-bond acceptors (Lipinski definition) is 2. The van der Waals surface area contributed by atoms with Crippen LogP contribution in [-0.4, -0.2) is 9.97 Å². The molecule has 0 aliphatic rings. The predicted octanol–water partition coefficient (Wildman–Crippen LogP) is 4.77. The van der Waals surface area contributed by atoms with Crippen LogP contribution in [0, 0.1) is 20.8 Å². The van der Waals surface area contributed by atoms with Gasteiger partial charge in [0.25, 0.3) is 0 Å². The summed E-state index contributed by atoms with van der Waals surface area (Å²) in [5.74, 6) is 0. The Hall–Kier alpha value is -1.41. The molecule has 98 valence electrons. The number of hydrogen-bond donors (Lipinski definition) is 0. The molecule has 2 heterocycles. The van der Waals surface area contributed by atoms with Crippen molar-refractivity contribution in [3.8, 4) is 0 Å². The molecule has 0 aliphatic heterocycles.